The van der Waals surface area contributed by atoms with E-state index in [0.29, 0.717) is 16.8 Å². The molecule has 3 aromatic rings. The van der Waals surface area contributed by atoms with Crippen molar-refractivity contribution in [2.45, 2.75) is 6.92 Å². The van der Waals surface area contributed by atoms with E-state index in [0.717, 1.165) is 21.5 Å². The van der Waals surface area contributed by atoms with E-state index in [2.05, 4.69) is 15.6 Å². The molecule has 7 heteroatoms. The van der Waals surface area contributed by atoms with Gasteiger partial charge in [0.2, 0.25) is 0 Å². The van der Waals surface area contributed by atoms with Crippen molar-refractivity contribution in [2.75, 3.05) is 10.6 Å². The summed E-state index contributed by atoms with van der Waals surface area (Å²) in [5, 5.41) is 15.0. The summed E-state index contributed by atoms with van der Waals surface area (Å²) in [5.41, 5.74) is 6.38. The number of amides is 1. The number of carboxylic acid groups (broad SMARTS) is 1. The minimum atomic E-state index is -0.959. The molecule has 2 aromatic carbocycles. The first kappa shape index (κ1) is 15.3. The lowest BCUT2D eigenvalue weighted by molar-refractivity contribution is -0.110. The molecule has 3 N–H and O–H groups in total. The lowest BCUT2D eigenvalue weighted by Gasteiger charge is -2.06. The minimum absolute atomic E-state index is 0.178. The Balaban J connectivity index is 1.71. The molecule has 1 aliphatic rings. The van der Waals surface area contributed by atoms with Crippen LogP contribution >= 0.6 is 11.3 Å². The average Bonchev–Trinajstić information content (AvgIpc) is 3.15. The van der Waals surface area contributed by atoms with E-state index in [4.69, 9.17) is 5.11 Å². The molecule has 0 saturated carbocycles. The van der Waals surface area contributed by atoms with Gasteiger partial charge in [0, 0.05) is 17.5 Å². The molecule has 25 heavy (non-hydrogen) atoms. The summed E-state index contributed by atoms with van der Waals surface area (Å²) in [4.78, 5) is 27.7. The first-order chi connectivity index (χ1) is 12.0. The zero-order valence-corrected chi connectivity index (χ0v) is 14.0. The Kier molecular flexibility index (Phi) is 3.51. The predicted molar refractivity (Wildman–Crippen MR) is 98.0 cm³/mol. The van der Waals surface area contributed by atoms with E-state index in [1.807, 2.05) is 12.1 Å². The van der Waals surface area contributed by atoms with E-state index in [1.54, 1.807) is 36.8 Å². The number of hydrogen-bond donors (Lipinski definition) is 3. The molecule has 0 saturated heterocycles. The highest BCUT2D eigenvalue weighted by Gasteiger charge is 2.27. The van der Waals surface area contributed by atoms with E-state index >= 15 is 0 Å². The Morgan fingerprint density at radius 2 is 2.16 bits per heavy atom. The fourth-order valence-corrected chi connectivity index (χ4v) is 3.74. The number of hydrogen-bond acceptors (Lipinski definition) is 5. The van der Waals surface area contributed by atoms with Crippen molar-refractivity contribution < 1.29 is 14.7 Å². The van der Waals surface area contributed by atoms with Crippen molar-refractivity contribution in [1.82, 2.24) is 4.98 Å². The van der Waals surface area contributed by atoms with Crippen LogP contribution in [0.2, 0.25) is 0 Å². The van der Waals surface area contributed by atoms with Crippen molar-refractivity contribution in [3.05, 3.63) is 58.7 Å². The molecule has 0 fully saturated rings. The van der Waals surface area contributed by atoms with Crippen LogP contribution < -0.4 is 10.6 Å². The monoisotopic (exact) mass is 351 g/mol. The van der Waals surface area contributed by atoms with E-state index in [-0.39, 0.29) is 11.5 Å². The second kappa shape index (κ2) is 5.71. The smallest absolute Gasteiger partial charge is 0.335 e. The van der Waals surface area contributed by atoms with E-state index < -0.39 is 5.97 Å². The fraction of sp³-hybridized carbons (Fsp3) is 0.0556. The maximum Gasteiger partial charge on any atom is 0.335 e. The third-order valence-electron chi connectivity index (χ3n) is 4.10. The summed E-state index contributed by atoms with van der Waals surface area (Å²) >= 11 is 1.49. The minimum Gasteiger partial charge on any atom is -0.478 e. The van der Waals surface area contributed by atoms with Crippen molar-refractivity contribution in [1.29, 1.82) is 0 Å². The number of carbonyl (C=O) groups excluding carboxylic acids is 1. The van der Waals surface area contributed by atoms with Gasteiger partial charge in [-0.3, -0.25) is 4.79 Å². The van der Waals surface area contributed by atoms with Crippen LogP contribution in [0.5, 0.6) is 0 Å². The maximum absolute atomic E-state index is 12.3. The number of nitrogens with one attached hydrogen (secondary N) is 2. The van der Waals surface area contributed by atoms with Crippen LogP contribution in [0.4, 0.5) is 11.4 Å². The van der Waals surface area contributed by atoms with Gasteiger partial charge in [0.05, 0.1) is 32.6 Å². The number of nitrogens with zero attached hydrogens (tertiary/aromatic N) is 1. The molecule has 0 atom stereocenters. The van der Waals surface area contributed by atoms with Crippen molar-refractivity contribution in [2.24, 2.45) is 0 Å². The number of benzene rings is 2. The van der Waals surface area contributed by atoms with Gasteiger partial charge in [-0.2, -0.15) is 0 Å². The Morgan fingerprint density at radius 1 is 1.32 bits per heavy atom. The standard InChI is InChI=1S/C18H13N3O3S/c1-9-6-10(2-3-11(9)18(23)24)19-7-12-15-13(21-17(12)22)4-5-14-16(15)25-8-20-14/h2-8,19H,1H3,(H,21,22)(H,23,24)/b12-7-. The van der Waals surface area contributed by atoms with Crippen LogP contribution in [0.15, 0.2) is 42.0 Å². The molecule has 0 aliphatic carbocycles. The largest absolute Gasteiger partial charge is 0.478 e. The Labute approximate surface area is 146 Å². The summed E-state index contributed by atoms with van der Waals surface area (Å²) in [6.07, 6.45) is 1.65. The zero-order valence-electron chi connectivity index (χ0n) is 13.2. The Hall–Kier alpha value is -3.19. The van der Waals surface area contributed by atoms with Crippen LogP contribution in [0.25, 0.3) is 15.8 Å². The van der Waals surface area contributed by atoms with Crippen molar-refractivity contribution in [3.8, 4) is 0 Å². The summed E-state index contributed by atoms with van der Waals surface area (Å²) in [6, 6.07) is 8.69. The van der Waals surface area contributed by atoms with Crippen LogP contribution in [0.1, 0.15) is 21.5 Å². The molecular weight excluding hydrogens is 338 g/mol. The van der Waals surface area contributed by atoms with Crippen LogP contribution in [-0.4, -0.2) is 22.0 Å². The third-order valence-corrected chi connectivity index (χ3v) is 4.96. The molecule has 2 heterocycles. The highest BCUT2D eigenvalue weighted by molar-refractivity contribution is 7.17. The van der Waals surface area contributed by atoms with Gasteiger partial charge in [-0.1, -0.05) is 0 Å². The molecule has 0 bridgehead atoms. The first-order valence-electron chi connectivity index (χ1n) is 7.53. The van der Waals surface area contributed by atoms with E-state index in [1.165, 1.54) is 11.3 Å². The van der Waals surface area contributed by atoms with Crippen LogP contribution in [0.3, 0.4) is 0 Å². The number of carbonyl (C=O) groups is 2. The molecule has 4 rings (SSSR count). The molecule has 0 unspecified atom stereocenters. The van der Waals surface area contributed by atoms with Gasteiger partial charge >= 0.3 is 5.97 Å². The maximum atomic E-state index is 12.3. The quantitative estimate of drug-likeness (QED) is 0.626. The summed E-state index contributed by atoms with van der Waals surface area (Å²) in [7, 11) is 0. The van der Waals surface area contributed by atoms with Gasteiger partial charge in [-0.15, -0.1) is 11.3 Å². The summed E-state index contributed by atoms with van der Waals surface area (Å²) < 4.78 is 0.960. The highest BCUT2D eigenvalue weighted by Crippen LogP contribution is 2.39. The van der Waals surface area contributed by atoms with Gasteiger partial charge < -0.3 is 15.7 Å². The molecule has 0 radical (unpaired) electrons. The molecule has 1 aromatic heterocycles. The summed E-state index contributed by atoms with van der Waals surface area (Å²) in [6.45, 7) is 1.74. The molecule has 1 amide bonds. The zero-order chi connectivity index (χ0) is 17.6. The Bertz CT molecular complexity index is 1070. The molecule has 1 aliphatic heterocycles. The van der Waals surface area contributed by atoms with Gasteiger partial charge in [0.1, 0.15) is 0 Å². The highest BCUT2D eigenvalue weighted by atomic mass is 32.1. The fourth-order valence-electron chi connectivity index (χ4n) is 2.89. The lowest BCUT2D eigenvalue weighted by Crippen LogP contribution is -2.05. The number of aromatic carboxylic acids is 1. The van der Waals surface area contributed by atoms with Gasteiger partial charge in [0.15, 0.2) is 0 Å². The Morgan fingerprint density at radius 3 is 2.92 bits per heavy atom. The lowest BCUT2D eigenvalue weighted by atomic mass is 10.1. The molecule has 124 valence electrons. The number of thiazole rings is 1. The number of rotatable bonds is 3. The van der Waals surface area contributed by atoms with Crippen LogP contribution in [0, 0.1) is 6.92 Å². The SMILES string of the molecule is Cc1cc(N/C=C2\C(=O)Nc3ccc4ncsc4c32)ccc1C(=O)O. The van der Waals surface area contributed by atoms with Crippen LogP contribution in [-0.2, 0) is 4.79 Å². The normalized spacial score (nSPS) is 14.6. The number of aromatic nitrogens is 1. The second-order valence-corrected chi connectivity index (χ2v) is 6.53. The van der Waals surface area contributed by atoms with E-state index in [9.17, 15) is 9.59 Å². The topological polar surface area (TPSA) is 91.3 Å². The average molecular weight is 351 g/mol. The summed E-state index contributed by atoms with van der Waals surface area (Å²) in [5.74, 6) is -1.14. The molecule has 6 nitrogen and oxygen atoms in total. The first-order valence-corrected chi connectivity index (χ1v) is 8.41. The second-order valence-electron chi connectivity index (χ2n) is 5.68. The number of carboxylic acids is 1. The molecular formula is C18H13N3O3S. The number of fused-ring (bicyclic) bond motifs is 3. The number of aryl methyl sites for hydroxylation is 1. The number of anilines is 2. The third kappa shape index (κ3) is 2.54. The van der Waals surface area contributed by atoms with Gasteiger partial charge in [0.25, 0.3) is 5.91 Å². The molecule has 0 spiro atoms. The van der Waals surface area contributed by atoms with Gasteiger partial charge in [-0.05, 0) is 42.8 Å². The van der Waals surface area contributed by atoms with Gasteiger partial charge in [-0.25, -0.2) is 9.78 Å². The van der Waals surface area contributed by atoms with Crippen molar-refractivity contribution in [3.63, 3.8) is 0 Å². The van der Waals surface area contributed by atoms with Crippen molar-refractivity contribution >= 4 is 50.4 Å². The predicted octanol–water partition coefficient (Wildman–Crippen LogP) is 3.71.